The highest BCUT2D eigenvalue weighted by Crippen LogP contribution is 2.32. The number of hydrogen-bond donors (Lipinski definition) is 0. The molecule has 0 bridgehead atoms. The molecule has 1 aromatic carbocycles. The third kappa shape index (κ3) is 4.15. The molecule has 1 aliphatic heterocycles. The van der Waals surface area contributed by atoms with E-state index in [-0.39, 0.29) is 42.5 Å². The Morgan fingerprint density at radius 2 is 2.00 bits per heavy atom. The minimum Gasteiger partial charge on any atom is -0.365 e. The molecule has 0 radical (unpaired) electrons. The predicted octanol–water partition coefficient (Wildman–Crippen LogP) is 2.98. The van der Waals surface area contributed by atoms with Gasteiger partial charge in [-0.2, -0.15) is 18.2 Å². The minimum absolute atomic E-state index is 0.0226. The Kier molecular flexibility index (Phi) is 5.59. The van der Waals surface area contributed by atoms with Gasteiger partial charge in [-0.05, 0) is 31.2 Å². The lowest BCUT2D eigenvalue weighted by Crippen LogP contribution is -2.44. The monoisotopic (exact) mass is 448 g/mol. The van der Waals surface area contributed by atoms with Crippen LogP contribution in [-0.4, -0.2) is 45.2 Å². The van der Waals surface area contributed by atoms with Gasteiger partial charge in [-0.15, -0.1) is 0 Å². The second-order valence-corrected chi connectivity index (χ2v) is 7.40. The first-order chi connectivity index (χ1) is 15.1. The smallest absolute Gasteiger partial charge is 0.365 e. The van der Waals surface area contributed by atoms with E-state index in [4.69, 9.17) is 9.26 Å². The lowest BCUT2D eigenvalue weighted by molar-refractivity contribution is -0.137. The van der Waals surface area contributed by atoms with Gasteiger partial charge in [-0.3, -0.25) is 9.59 Å². The molecule has 168 valence electrons. The summed E-state index contributed by atoms with van der Waals surface area (Å²) in [5, 5.41) is 3.76. The number of aryl methyl sites for hydroxylation is 1. The van der Waals surface area contributed by atoms with Crippen molar-refractivity contribution in [2.75, 3.05) is 19.7 Å². The first kappa shape index (κ1) is 21.8. The van der Waals surface area contributed by atoms with E-state index in [0.29, 0.717) is 0 Å². The maximum Gasteiger partial charge on any atom is 0.416 e. The number of benzene rings is 1. The number of carbonyl (C=O) groups is 1. The maximum atomic E-state index is 13.0. The molecule has 1 fully saturated rings. The molecule has 0 aliphatic carbocycles. The quantitative estimate of drug-likeness (QED) is 0.612. The van der Waals surface area contributed by atoms with E-state index in [0.717, 1.165) is 17.8 Å². The number of aromatic nitrogens is 3. The summed E-state index contributed by atoms with van der Waals surface area (Å²) in [4.78, 5) is 31.0. The van der Waals surface area contributed by atoms with E-state index in [1.165, 1.54) is 27.7 Å². The third-order valence-corrected chi connectivity index (χ3v) is 5.30. The molecule has 2 aromatic heterocycles. The van der Waals surface area contributed by atoms with E-state index in [9.17, 15) is 22.8 Å². The van der Waals surface area contributed by atoms with E-state index >= 15 is 0 Å². The van der Waals surface area contributed by atoms with Crippen LogP contribution in [0.4, 0.5) is 13.2 Å². The van der Waals surface area contributed by atoms with Crippen molar-refractivity contribution in [2.45, 2.75) is 19.2 Å². The Morgan fingerprint density at radius 1 is 1.22 bits per heavy atom. The summed E-state index contributed by atoms with van der Waals surface area (Å²) >= 11 is 0. The van der Waals surface area contributed by atoms with Crippen LogP contribution in [0.2, 0.25) is 0 Å². The zero-order valence-corrected chi connectivity index (χ0v) is 17.2. The van der Waals surface area contributed by atoms with Gasteiger partial charge in [0.25, 0.3) is 17.4 Å². The second kappa shape index (κ2) is 8.23. The highest BCUT2D eigenvalue weighted by atomic mass is 19.4. The predicted molar refractivity (Wildman–Crippen MR) is 106 cm³/mol. The van der Waals surface area contributed by atoms with Gasteiger partial charge in [0.2, 0.25) is 5.82 Å². The average Bonchev–Trinajstić information content (AvgIpc) is 3.27. The summed E-state index contributed by atoms with van der Waals surface area (Å²) < 4.78 is 51.1. The molecule has 8 nitrogen and oxygen atoms in total. The molecular weight excluding hydrogens is 429 g/mol. The third-order valence-electron chi connectivity index (χ3n) is 5.30. The van der Waals surface area contributed by atoms with E-state index < -0.39 is 29.3 Å². The SMILES string of the molecule is Cc1ccc(C(=O)N2CCO[C@H](c3nc(-c4cccc(C(F)(F)F)c4)no3)C2)c(=O)n1C. The number of nitrogens with zero attached hydrogens (tertiary/aromatic N) is 4. The van der Waals surface area contributed by atoms with E-state index in [1.54, 1.807) is 20.0 Å². The van der Waals surface area contributed by atoms with Crippen molar-refractivity contribution >= 4 is 5.91 Å². The first-order valence-electron chi connectivity index (χ1n) is 9.74. The van der Waals surface area contributed by atoms with Crippen molar-refractivity contribution in [3.8, 4) is 11.4 Å². The van der Waals surface area contributed by atoms with Gasteiger partial charge >= 0.3 is 6.18 Å². The van der Waals surface area contributed by atoms with Crippen molar-refractivity contribution in [1.82, 2.24) is 19.6 Å². The molecule has 3 aromatic rings. The Morgan fingerprint density at radius 3 is 2.75 bits per heavy atom. The molecule has 32 heavy (non-hydrogen) atoms. The Bertz CT molecular complexity index is 1220. The molecule has 4 rings (SSSR count). The summed E-state index contributed by atoms with van der Waals surface area (Å²) in [7, 11) is 1.59. The van der Waals surface area contributed by atoms with Gasteiger partial charge in [-0.1, -0.05) is 17.3 Å². The topological polar surface area (TPSA) is 90.5 Å². The second-order valence-electron chi connectivity index (χ2n) is 7.40. The fraction of sp³-hybridized carbons (Fsp3) is 0.333. The standard InChI is InChI=1S/C21H19F3N4O4/c1-12-6-7-15(19(29)27(12)2)20(30)28-8-9-31-16(11-28)18-25-17(26-32-18)13-4-3-5-14(10-13)21(22,23)24/h3-7,10,16H,8-9,11H2,1-2H3/t16-/m0/s1. The van der Waals surface area contributed by atoms with E-state index in [2.05, 4.69) is 10.1 Å². The lowest BCUT2D eigenvalue weighted by atomic mass is 10.1. The number of rotatable bonds is 3. The number of alkyl halides is 3. The van der Waals surface area contributed by atoms with Crippen molar-refractivity contribution in [3.05, 3.63) is 69.5 Å². The van der Waals surface area contributed by atoms with Crippen LogP contribution in [0.25, 0.3) is 11.4 Å². The van der Waals surface area contributed by atoms with Gasteiger partial charge in [0, 0.05) is 24.8 Å². The maximum absolute atomic E-state index is 13.0. The zero-order chi connectivity index (χ0) is 23.0. The van der Waals surface area contributed by atoms with Gasteiger partial charge in [0.05, 0.1) is 18.7 Å². The molecule has 1 atom stereocenters. The van der Waals surface area contributed by atoms with Gasteiger partial charge in [0.15, 0.2) is 6.10 Å². The Balaban J connectivity index is 1.54. The lowest BCUT2D eigenvalue weighted by Gasteiger charge is -2.31. The van der Waals surface area contributed by atoms with Crippen LogP contribution in [0.15, 0.2) is 45.7 Å². The number of hydrogen-bond acceptors (Lipinski definition) is 6. The van der Waals surface area contributed by atoms with E-state index in [1.807, 2.05) is 0 Å². The van der Waals surface area contributed by atoms with Crippen LogP contribution in [-0.2, 0) is 18.0 Å². The summed E-state index contributed by atoms with van der Waals surface area (Å²) in [5.41, 5.74) is -0.329. The van der Waals surface area contributed by atoms with Crippen LogP contribution in [0.3, 0.4) is 0 Å². The summed E-state index contributed by atoms with van der Waals surface area (Å²) in [6, 6.07) is 7.75. The van der Waals surface area contributed by atoms with Crippen LogP contribution in [0.5, 0.6) is 0 Å². The van der Waals surface area contributed by atoms with Crippen molar-refractivity contribution < 1.29 is 27.2 Å². The molecule has 0 unspecified atom stereocenters. The number of carbonyl (C=O) groups excluding carboxylic acids is 1. The number of morpholine rings is 1. The molecule has 0 N–H and O–H groups in total. The highest BCUT2D eigenvalue weighted by molar-refractivity contribution is 5.94. The molecule has 3 heterocycles. The van der Waals surface area contributed by atoms with Crippen molar-refractivity contribution in [3.63, 3.8) is 0 Å². The summed E-state index contributed by atoms with van der Waals surface area (Å²) in [5.74, 6) is -0.436. The van der Waals surface area contributed by atoms with Crippen LogP contribution >= 0.6 is 0 Å². The zero-order valence-electron chi connectivity index (χ0n) is 17.2. The molecule has 1 amide bonds. The van der Waals surface area contributed by atoms with Crippen molar-refractivity contribution in [1.29, 1.82) is 0 Å². The average molecular weight is 448 g/mol. The molecule has 0 saturated carbocycles. The van der Waals surface area contributed by atoms with Crippen molar-refractivity contribution in [2.24, 2.45) is 7.05 Å². The molecule has 1 saturated heterocycles. The fourth-order valence-corrected chi connectivity index (χ4v) is 3.36. The first-order valence-corrected chi connectivity index (χ1v) is 9.74. The molecule has 0 spiro atoms. The molecule has 11 heteroatoms. The van der Waals surface area contributed by atoms with Crippen LogP contribution in [0, 0.1) is 6.92 Å². The fourth-order valence-electron chi connectivity index (χ4n) is 3.36. The Labute approximate surface area is 180 Å². The molecular formula is C21H19F3N4O4. The minimum atomic E-state index is -4.50. The number of ether oxygens (including phenoxy) is 1. The normalized spacial score (nSPS) is 16.9. The van der Waals surface area contributed by atoms with Gasteiger partial charge < -0.3 is 18.7 Å². The van der Waals surface area contributed by atoms with Gasteiger partial charge in [-0.25, -0.2) is 0 Å². The van der Waals surface area contributed by atoms with Crippen LogP contribution < -0.4 is 5.56 Å². The molecule has 1 aliphatic rings. The summed E-state index contributed by atoms with van der Waals surface area (Å²) in [6.07, 6.45) is -5.27. The largest absolute Gasteiger partial charge is 0.416 e. The van der Waals surface area contributed by atoms with Gasteiger partial charge in [0.1, 0.15) is 5.56 Å². The van der Waals surface area contributed by atoms with Crippen LogP contribution in [0.1, 0.15) is 33.6 Å². The highest BCUT2D eigenvalue weighted by Gasteiger charge is 2.33. The number of pyridine rings is 1. The summed E-state index contributed by atoms with van der Waals surface area (Å²) in [6.45, 7) is 2.25. The number of halogens is 3. The Hall–Kier alpha value is -3.47. The number of amides is 1.